The Labute approximate surface area is 99.9 Å². The number of hydrogen-bond acceptors (Lipinski definition) is 4. The molecule has 0 bridgehead atoms. The van der Waals surface area contributed by atoms with E-state index >= 15 is 0 Å². The highest BCUT2D eigenvalue weighted by Gasteiger charge is 2.32. The van der Waals surface area contributed by atoms with Gasteiger partial charge in [-0.25, -0.2) is 4.98 Å². The van der Waals surface area contributed by atoms with E-state index in [1.54, 1.807) is 11.3 Å². The zero-order valence-corrected chi connectivity index (χ0v) is 11.1. The van der Waals surface area contributed by atoms with Gasteiger partial charge in [-0.2, -0.15) is 0 Å². The predicted octanol–water partition coefficient (Wildman–Crippen LogP) is 2.93. The largest absolute Gasteiger partial charge is 0.317 e. The van der Waals surface area contributed by atoms with Gasteiger partial charge in [0.15, 0.2) is 0 Å². The van der Waals surface area contributed by atoms with Gasteiger partial charge in [-0.3, -0.25) is 0 Å². The van der Waals surface area contributed by atoms with Crippen LogP contribution in [0.2, 0.25) is 0 Å². The third-order valence-corrected chi connectivity index (χ3v) is 5.79. The molecule has 0 radical (unpaired) electrons. The average Bonchev–Trinajstić information content (AvgIpc) is 2.76. The third kappa shape index (κ3) is 2.55. The topological polar surface area (TPSA) is 24.9 Å². The van der Waals surface area contributed by atoms with E-state index in [0.29, 0.717) is 6.04 Å². The number of thiazole rings is 1. The Morgan fingerprint density at radius 3 is 2.87 bits per heavy atom. The summed E-state index contributed by atoms with van der Waals surface area (Å²) in [6.07, 6.45) is 2.62. The standard InChI is InChI=1S/C11H18N2S2/c1-7-6-14-11(13-7)15-10-5-4-9(12-3)8(10)2/h6,8-10,12H,4-5H2,1-3H3. The van der Waals surface area contributed by atoms with Crippen LogP contribution in [0.25, 0.3) is 0 Å². The first-order valence-electron chi connectivity index (χ1n) is 5.46. The van der Waals surface area contributed by atoms with Crippen LogP contribution < -0.4 is 5.32 Å². The normalized spacial score (nSPS) is 31.0. The molecule has 0 saturated heterocycles. The summed E-state index contributed by atoms with van der Waals surface area (Å²) < 4.78 is 1.24. The maximum absolute atomic E-state index is 4.52. The van der Waals surface area contributed by atoms with Gasteiger partial charge in [0.1, 0.15) is 4.34 Å². The van der Waals surface area contributed by atoms with Crippen LogP contribution in [0, 0.1) is 12.8 Å². The van der Waals surface area contributed by atoms with Crippen molar-refractivity contribution in [2.45, 2.75) is 42.3 Å². The molecule has 1 N–H and O–H groups in total. The highest BCUT2D eigenvalue weighted by molar-refractivity contribution is 8.01. The van der Waals surface area contributed by atoms with E-state index in [0.717, 1.165) is 16.9 Å². The Bertz CT molecular complexity index is 324. The molecule has 2 rings (SSSR count). The molecule has 1 heterocycles. The molecule has 0 amide bonds. The second kappa shape index (κ2) is 4.85. The smallest absolute Gasteiger partial charge is 0.150 e. The minimum Gasteiger partial charge on any atom is -0.317 e. The molecular weight excluding hydrogens is 224 g/mol. The van der Waals surface area contributed by atoms with Gasteiger partial charge in [0, 0.05) is 22.4 Å². The highest BCUT2D eigenvalue weighted by Crippen LogP contribution is 2.39. The van der Waals surface area contributed by atoms with E-state index in [4.69, 9.17) is 0 Å². The molecule has 0 spiro atoms. The molecule has 0 aromatic carbocycles. The van der Waals surface area contributed by atoms with Crippen molar-refractivity contribution >= 4 is 23.1 Å². The fourth-order valence-electron chi connectivity index (χ4n) is 2.22. The van der Waals surface area contributed by atoms with E-state index in [1.165, 1.54) is 17.2 Å². The quantitative estimate of drug-likeness (QED) is 0.882. The molecule has 0 aliphatic heterocycles. The van der Waals surface area contributed by atoms with Gasteiger partial charge in [0.05, 0.1) is 0 Å². The van der Waals surface area contributed by atoms with Crippen LogP contribution in [0.15, 0.2) is 9.72 Å². The fraction of sp³-hybridized carbons (Fsp3) is 0.727. The van der Waals surface area contributed by atoms with Crippen LogP contribution in [0.5, 0.6) is 0 Å². The molecule has 2 nitrogen and oxygen atoms in total. The first-order valence-corrected chi connectivity index (χ1v) is 7.22. The second-order valence-corrected chi connectivity index (χ2v) is 6.59. The summed E-state index contributed by atoms with van der Waals surface area (Å²) in [6.45, 7) is 4.42. The summed E-state index contributed by atoms with van der Waals surface area (Å²) in [5, 5.41) is 6.28. The molecule has 84 valence electrons. The number of nitrogens with one attached hydrogen (secondary N) is 1. The van der Waals surface area contributed by atoms with E-state index in [-0.39, 0.29) is 0 Å². The van der Waals surface area contributed by atoms with Crippen LogP contribution in [0.1, 0.15) is 25.5 Å². The lowest BCUT2D eigenvalue weighted by molar-refractivity contribution is 0.464. The number of nitrogens with zero attached hydrogens (tertiary/aromatic N) is 1. The summed E-state index contributed by atoms with van der Waals surface area (Å²) in [6, 6.07) is 0.698. The Morgan fingerprint density at radius 1 is 1.53 bits per heavy atom. The van der Waals surface area contributed by atoms with Gasteiger partial charge in [-0.15, -0.1) is 11.3 Å². The average molecular weight is 242 g/mol. The van der Waals surface area contributed by atoms with Crippen molar-refractivity contribution in [3.63, 3.8) is 0 Å². The minimum absolute atomic E-state index is 0.698. The maximum atomic E-state index is 4.52. The number of rotatable bonds is 3. The Kier molecular flexibility index (Phi) is 3.69. The maximum Gasteiger partial charge on any atom is 0.150 e. The molecule has 1 saturated carbocycles. The lowest BCUT2D eigenvalue weighted by Gasteiger charge is -2.18. The van der Waals surface area contributed by atoms with Gasteiger partial charge in [0.2, 0.25) is 0 Å². The van der Waals surface area contributed by atoms with Crippen LogP contribution in [-0.4, -0.2) is 23.3 Å². The fourth-order valence-corrected chi connectivity index (χ4v) is 4.59. The highest BCUT2D eigenvalue weighted by atomic mass is 32.2. The van der Waals surface area contributed by atoms with Gasteiger partial charge >= 0.3 is 0 Å². The molecule has 1 aromatic rings. The second-order valence-electron chi connectivity index (χ2n) is 4.24. The first-order chi connectivity index (χ1) is 7.20. The Balaban J connectivity index is 1.96. The number of hydrogen-bond donors (Lipinski definition) is 1. The number of thioether (sulfide) groups is 1. The molecule has 3 atom stereocenters. The van der Waals surface area contributed by atoms with Crippen molar-refractivity contribution in [1.82, 2.24) is 10.3 Å². The molecule has 1 aliphatic carbocycles. The van der Waals surface area contributed by atoms with Crippen LogP contribution in [0.4, 0.5) is 0 Å². The van der Waals surface area contributed by atoms with Crippen molar-refractivity contribution in [2.24, 2.45) is 5.92 Å². The van der Waals surface area contributed by atoms with E-state index in [2.05, 4.69) is 36.6 Å². The lowest BCUT2D eigenvalue weighted by Crippen LogP contribution is -2.29. The van der Waals surface area contributed by atoms with E-state index < -0.39 is 0 Å². The summed E-state index contributed by atoms with van der Waals surface area (Å²) in [4.78, 5) is 4.52. The van der Waals surface area contributed by atoms with Crippen molar-refractivity contribution < 1.29 is 0 Å². The zero-order chi connectivity index (χ0) is 10.8. The van der Waals surface area contributed by atoms with Gasteiger partial charge in [-0.05, 0) is 32.7 Å². The van der Waals surface area contributed by atoms with Crippen molar-refractivity contribution in [3.8, 4) is 0 Å². The summed E-state index contributed by atoms with van der Waals surface area (Å²) in [7, 11) is 2.07. The summed E-state index contributed by atoms with van der Waals surface area (Å²) in [5.41, 5.74) is 1.15. The monoisotopic (exact) mass is 242 g/mol. The minimum atomic E-state index is 0.698. The zero-order valence-electron chi connectivity index (χ0n) is 9.49. The van der Waals surface area contributed by atoms with Crippen LogP contribution >= 0.6 is 23.1 Å². The molecule has 1 fully saturated rings. The van der Waals surface area contributed by atoms with Crippen LogP contribution in [-0.2, 0) is 0 Å². The van der Waals surface area contributed by atoms with Gasteiger partial charge in [0.25, 0.3) is 0 Å². The van der Waals surface area contributed by atoms with Crippen LogP contribution in [0.3, 0.4) is 0 Å². The summed E-state index contributed by atoms with van der Waals surface area (Å²) in [5.74, 6) is 0.754. The molecule has 3 unspecified atom stereocenters. The number of aryl methyl sites for hydroxylation is 1. The van der Waals surface area contributed by atoms with Crippen molar-refractivity contribution in [3.05, 3.63) is 11.1 Å². The Hall–Kier alpha value is -0.0600. The van der Waals surface area contributed by atoms with E-state index in [1.807, 2.05) is 11.8 Å². The molecule has 1 aliphatic rings. The molecule has 1 aromatic heterocycles. The van der Waals surface area contributed by atoms with E-state index in [9.17, 15) is 0 Å². The first kappa shape index (κ1) is 11.4. The Morgan fingerprint density at radius 2 is 2.33 bits per heavy atom. The SMILES string of the molecule is CNC1CCC(Sc2nc(C)cs2)C1C. The number of aromatic nitrogens is 1. The molecule has 15 heavy (non-hydrogen) atoms. The predicted molar refractivity (Wildman–Crippen MR) is 67.7 cm³/mol. The molecular formula is C11H18N2S2. The lowest BCUT2D eigenvalue weighted by atomic mass is 10.1. The molecule has 4 heteroatoms. The van der Waals surface area contributed by atoms with Crippen molar-refractivity contribution in [2.75, 3.05) is 7.05 Å². The third-order valence-electron chi connectivity index (χ3n) is 3.20. The van der Waals surface area contributed by atoms with Gasteiger partial charge in [-0.1, -0.05) is 18.7 Å². The van der Waals surface area contributed by atoms with Crippen molar-refractivity contribution in [1.29, 1.82) is 0 Å². The summed E-state index contributed by atoms with van der Waals surface area (Å²) >= 11 is 3.75. The van der Waals surface area contributed by atoms with Gasteiger partial charge < -0.3 is 5.32 Å².